The zero-order valence-electron chi connectivity index (χ0n) is 13.8. The molecule has 1 aromatic carbocycles. The summed E-state index contributed by atoms with van der Waals surface area (Å²) < 4.78 is 5.70. The first-order valence-corrected chi connectivity index (χ1v) is 10.1. The summed E-state index contributed by atoms with van der Waals surface area (Å²) in [6.07, 6.45) is 6.66. The zero-order chi connectivity index (χ0) is 17.5. The van der Waals surface area contributed by atoms with Crippen molar-refractivity contribution < 1.29 is 14.3 Å². The molecule has 1 unspecified atom stereocenters. The number of carbonyl (C=O) groups is 2. The Kier molecular flexibility index (Phi) is 6.47. The van der Waals surface area contributed by atoms with Gasteiger partial charge in [0.1, 0.15) is 17.4 Å². The predicted octanol–water partition coefficient (Wildman–Crippen LogP) is 4.18. The van der Waals surface area contributed by atoms with Gasteiger partial charge in [0.05, 0.1) is 5.25 Å². The molecule has 2 amide bonds. The van der Waals surface area contributed by atoms with Crippen molar-refractivity contribution >= 4 is 34.2 Å². The SMILES string of the molecule is O=C1NC(=O)C(CCCCCc2ccc(OCc3nccs3)cc2)S1. The third kappa shape index (κ3) is 5.57. The molecule has 2 aromatic rings. The van der Waals surface area contributed by atoms with Crippen molar-refractivity contribution in [1.29, 1.82) is 0 Å². The van der Waals surface area contributed by atoms with Gasteiger partial charge in [0.25, 0.3) is 5.24 Å². The second-order valence-corrected chi connectivity index (χ2v) is 8.00. The molecule has 0 spiro atoms. The van der Waals surface area contributed by atoms with E-state index in [-0.39, 0.29) is 16.4 Å². The molecule has 0 saturated carbocycles. The normalized spacial score (nSPS) is 16.9. The summed E-state index contributed by atoms with van der Waals surface area (Å²) in [4.78, 5) is 26.8. The molecule has 1 fully saturated rings. The van der Waals surface area contributed by atoms with Crippen LogP contribution in [0.15, 0.2) is 35.8 Å². The van der Waals surface area contributed by atoms with E-state index >= 15 is 0 Å². The minimum atomic E-state index is -0.216. The smallest absolute Gasteiger partial charge is 0.286 e. The Balaban J connectivity index is 1.32. The molecule has 1 aliphatic heterocycles. The molecule has 1 atom stereocenters. The van der Waals surface area contributed by atoms with Crippen molar-refractivity contribution in [3.8, 4) is 5.75 Å². The highest BCUT2D eigenvalue weighted by atomic mass is 32.2. The average Bonchev–Trinajstić information content (AvgIpc) is 3.23. The first-order valence-electron chi connectivity index (χ1n) is 8.32. The van der Waals surface area contributed by atoms with Gasteiger partial charge in [-0.05, 0) is 37.0 Å². The molecule has 0 bridgehead atoms. The fourth-order valence-electron chi connectivity index (χ4n) is 2.64. The second-order valence-electron chi connectivity index (χ2n) is 5.84. The Morgan fingerprint density at radius 1 is 1.12 bits per heavy atom. The first kappa shape index (κ1) is 17.9. The van der Waals surface area contributed by atoms with Crippen LogP contribution in [0, 0.1) is 0 Å². The maximum absolute atomic E-state index is 11.5. The molecular weight excluding hydrogens is 356 g/mol. The highest BCUT2D eigenvalue weighted by Crippen LogP contribution is 2.24. The largest absolute Gasteiger partial charge is 0.486 e. The third-order valence-corrected chi connectivity index (χ3v) is 5.77. The van der Waals surface area contributed by atoms with Gasteiger partial charge in [-0.3, -0.25) is 14.9 Å². The number of nitrogens with one attached hydrogen (secondary N) is 1. The number of hydrogen-bond donors (Lipinski definition) is 1. The van der Waals surface area contributed by atoms with Gasteiger partial charge in [-0.1, -0.05) is 36.7 Å². The highest BCUT2D eigenvalue weighted by molar-refractivity contribution is 8.15. The van der Waals surface area contributed by atoms with Gasteiger partial charge in [0, 0.05) is 11.6 Å². The molecule has 3 rings (SSSR count). The molecule has 1 saturated heterocycles. The van der Waals surface area contributed by atoms with Crippen molar-refractivity contribution in [1.82, 2.24) is 10.3 Å². The van der Waals surface area contributed by atoms with Gasteiger partial charge in [-0.25, -0.2) is 4.98 Å². The Hall–Kier alpha value is -1.86. The molecule has 132 valence electrons. The summed E-state index contributed by atoms with van der Waals surface area (Å²) in [5, 5.41) is 4.83. The van der Waals surface area contributed by atoms with Gasteiger partial charge >= 0.3 is 0 Å². The summed E-state index contributed by atoms with van der Waals surface area (Å²) in [7, 11) is 0. The van der Waals surface area contributed by atoms with Crippen molar-refractivity contribution in [2.45, 2.75) is 44.0 Å². The van der Waals surface area contributed by atoms with Crippen LogP contribution in [0.3, 0.4) is 0 Å². The van der Waals surface area contributed by atoms with Crippen LogP contribution in [0.1, 0.15) is 36.3 Å². The number of ether oxygens (including phenoxy) is 1. The Bertz CT molecular complexity index is 702. The van der Waals surface area contributed by atoms with Crippen LogP contribution in [0.5, 0.6) is 5.75 Å². The third-order valence-electron chi connectivity index (χ3n) is 3.97. The van der Waals surface area contributed by atoms with E-state index < -0.39 is 0 Å². The van der Waals surface area contributed by atoms with Crippen molar-refractivity contribution in [3.05, 3.63) is 46.4 Å². The topological polar surface area (TPSA) is 68.3 Å². The molecule has 1 N–H and O–H groups in total. The van der Waals surface area contributed by atoms with Crippen LogP contribution in [0.2, 0.25) is 0 Å². The van der Waals surface area contributed by atoms with E-state index in [9.17, 15) is 9.59 Å². The van der Waals surface area contributed by atoms with E-state index in [2.05, 4.69) is 22.4 Å². The molecular formula is C18H20N2O3S2. The van der Waals surface area contributed by atoms with Crippen LogP contribution in [0.4, 0.5) is 4.79 Å². The lowest BCUT2D eigenvalue weighted by Crippen LogP contribution is -2.24. The molecule has 2 heterocycles. The van der Waals surface area contributed by atoms with E-state index in [1.807, 2.05) is 17.5 Å². The predicted molar refractivity (Wildman–Crippen MR) is 100.0 cm³/mol. The Labute approximate surface area is 155 Å². The van der Waals surface area contributed by atoms with E-state index in [0.29, 0.717) is 6.61 Å². The molecule has 1 aromatic heterocycles. The van der Waals surface area contributed by atoms with Gasteiger partial charge in [0.15, 0.2) is 0 Å². The molecule has 25 heavy (non-hydrogen) atoms. The Morgan fingerprint density at radius 3 is 2.64 bits per heavy atom. The number of aromatic nitrogens is 1. The number of aryl methyl sites for hydroxylation is 1. The van der Waals surface area contributed by atoms with E-state index in [4.69, 9.17) is 4.74 Å². The molecule has 5 nitrogen and oxygen atoms in total. The molecule has 1 aliphatic rings. The fraction of sp³-hybridized carbons (Fsp3) is 0.389. The number of imide groups is 1. The van der Waals surface area contributed by atoms with Gasteiger partial charge in [0.2, 0.25) is 5.91 Å². The van der Waals surface area contributed by atoms with E-state index in [1.54, 1.807) is 17.5 Å². The lowest BCUT2D eigenvalue weighted by molar-refractivity contribution is -0.119. The number of amides is 2. The maximum Gasteiger partial charge on any atom is 0.286 e. The van der Waals surface area contributed by atoms with Crippen LogP contribution in [-0.2, 0) is 17.8 Å². The summed E-state index contributed by atoms with van der Waals surface area (Å²) in [6.45, 7) is 0.506. The summed E-state index contributed by atoms with van der Waals surface area (Å²) in [5.41, 5.74) is 1.28. The summed E-state index contributed by atoms with van der Waals surface area (Å²) in [6, 6.07) is 8.17. The second kappa shape index (κ2) is 9.01. The van der Waals surface area contributed by atoms with Crippen LogP contribution < -0.4 is 10.1 Å². The molecule has 7 heteroatoms. The van der Waals surface area contributed by atoms with Crippen LogP contribution in [0.25, 0.3) is 0 Å². The number of thioether (sulfide) groups is 1. The van der Waals surface area contributed by atoms with Crippen molar-refractivity contribution in [2.24, 2.45) is 0 Å². The number of benzene rings is 1. The van der Waals surface area contributed by atoms with Crippen LogP contribution >= 0.6 is 23.1 Å². The van der Waals surface area contributed by atoms with Crippen molar-refractivity contribution in [3.63, 3.8) is 0 Å². The number of hydrogen-bond acceptors (Lipinski definition) is 6. The minimum absolute atomic E-state index is 0.136. The highest BCUT2D eigenvalue weighted by Gasteiger charge is 2.30. The average molecular weight is 377 g/mol. The fourth-order valence-corrected chi connectivity index (χ4v) is 4.04. The quantitative estimate of drug-likeness (QED) is 0.665. The summed E-state index contributed by atoms with van der Waals surface area (Å²) in [5.74, 6) is 0.719. The number of carbonyl (C=O) groups excluding carboxylic acids is 2. The number of nitrogens with zero attached hydrogens (tertiary/aromatic N) is 1. The maximum atomic E-state index is 11.5. The van der Waals surface area contributed by atoms with E-state index in [1.165, 1.54) is 5.56 Å². The van der Waals surface area contributed by atoms with Crippen molar-refractivity contribution in [2.75, 3.05) is 0 Å². The molecule has 0 radical (unpaired) electrons. The van der Waals surface area contributed by atoms with Gasteiger partial charge in [-0.15, -0.1) is 11.3 Å². The monoisotopic (exact) mass is 376 g/mol. The first-order chi connectivity index (χ1) is 12.2. The van der Waals surface area contributed by atoms with Gasteiger partial charge < -0.3 is 4.74 Å². The number of unbranched alkanes of at least 4 members (excludes halogenated alkanes) is 2. The number of thiazole rings is 1. The van der Waals surface area contributed by atoms with E-state index in [0.717, 1.165) is 54.6 Å². The standard InChI is InChI=1S/C18H20N2O3S2/c21-17-15(25-18(22)20-17)5-3-1-2-4-13-6-8-14(9-7-13)23-12-16-19-10-11-24-16/h6-11,15H,1-5,12H2,(H,20,21,22). The number of rotatable bonds is 9. The van der Waals surface area contributed by atoms with Gasteiger partial charge in [-0.2, -0.15) is 0 Å². The minimum Gasteiger partial charge on any atom is -0.486 e. The lowest BCUT2D eigenvalue weighted by atomic mass is 10.1. The Morgan fingerprint density at radius 2 is 1.96 bits per heavy atom. The zero-order valence-corrected chi connectivity index (χ0v) is 15.4. The van der Waals surface area contributed by atoms with Crippen LogP contribution in [-0.4, -0.2) is 21.4 Å². The summed E-state index contributed by atoms with van der Waals surface area (Å²) >= 11 is 2.71. The molecule has 0 aliphatic carbocycles. The lowest BCUT2D eigenvalue weighted by Gasteiger charge is -2.07.